The summed E-state index contributed by atoms with van der Waals surface area (Å²) in [6.07, 6.45) is 2.30. The maximum absolute atomic E-state index is 13.5. The Kier molecular flexibility index (Phi) is 6.08. The highest BCUT2D eigenvalue weighted by molar-refractivity contribution is 5.83. The minimum atomic E-state index is -0.234. The van der Waals surface area contributed by atoms with E-state index in [9.17, 15) is 9.90 Å². The first-order valence-electron chi connectivity index (χ1n) is 10.3. The monoisotopic (exact) mass is 373 g/mol. The molecule has 2 atom stereocenters. The molecule has 0 spiro atoms. The number of amides is 1. The van der Waals surface area contributed by atoms with Crippen LogP contribution in [0, 0.1) is 0 Å². The maximum Gasteiger partial charge on any atom is 0.244 e. The molecule has 1 aromatic rings. The van der Waals surface area contributed by atoms with Crippen molar-refractivity contribution in [1.82, 2.24) is 14.7 Å². The van der Waals surface area contributed by atoms with Crippen molar-refractivity contribution in [3.63, 3.8) is 0 Å². The summed E-state index contributed by atoms with van der Waals surface area (Å²) in [5.74, 6) is 0.216. The molecule has 6 heteroatoms. The lowest BCUT2D eigenvalue weighted by Crippen LogP contribution is -2.48. The molecule has 1 amide bonds. The predicted molar refractivity (Wildman–Crippen MR) is 103 cm³/mol. The Balaban J connectivity index is 1.47. The van der Waals surface area contributed by atoms with Gasteiger partial charge in [-0.05, 0) is 24.8 Å². The van der Waals surface area contributed by atoms with Gasteiger partial charge in [-0.1, -0.05) is 30.3 Å². The van der Waals surface area contributed by atoms with Crippen LogP contribution in [-0.4, -0.2) is 90.3 Å². The molecule has 1 aromatic carbocycles. The third-order valence-electron chi connectivity index (χ3n) is 6.25. The molecule has 0 radical (unpaired) electrons. The SMILES string of the molecule is O=C(C(c1ccccc1)N1CCC(O)CC1)N1CCC(N2CCOCC2)C1. The Morgan fingerprint density at radius 1 is 1.00 bits per heavy atom. The summed E-state index contributed by atoms with van der Waals surface area (Å²) < 4.78 is 5.47. The first-order chi connectivity index (χ1) is 13.2. The molecule has 0 aliphatic carbocycles. The number of carbonyl (C=O) groups is 1. The van der Waals surface area contributed by atoms with Crippen molar-refractivity contribution >= 4 is 5.91 Å². The van der Waals surface area contributed by atoms with Crippen molar-refractivity contribution in [3.05, 3.63) is 35.9 Å². The van der Waals surface area contributed by atoms with Gasteiger partial charge in [-0.3, -0.25) is 14.6 Å². The summed E-state index contributed by atoms with van der Waals surface area (Å²) in [5, 5.41) is 9.87. The molecular weight excluding hydrogens is 342 g/mol. The van der Waals surface area contributed by atoms with Gasteiger partial charge in [0, 0.05) is 45.3 Å². The van der Waals surface area contributed by atoms with E-state index in [0.29, 0.717) is 6.04 Å². The lowest BCUT2D eigenvalue weighted by molar-refractivity contribution is -0.137. The van der Waals surface area contributed by atoms with Crippen molar-refractivity contribution in [1.29, 1.82) is 0 Å². The number of carbonyl (C=O) groups excluding carboxylic acids is 1. The number of likely N-dealkylation sites (tertiary alicyclic amines) is 2. The largest absolute Gasteiger partial charge is 0.393 e. The van der Waals surface area contributed by atoms with Crippen LogP contribution in [0.1, 0.15) is 30.9 Å². The average molecular weight is 373 g/mol. The Morgan fingerprint density at radius 3 is 2.41 bits per heavy atom. The number of morpholine rings is 1. The normalized spacial score (nSPS) is 27.0. The van der Waals surface area contributed by atoms with Crippen molar-refractivity contribution in [2.24, 2.45) is 0 Å². The smallest absolute Gasteiger partial charge is 0.244 e. The van der Waals surface area contributed by atoms with E-state index in [1.807, 2.05) is 18.2 Å². The standard InChI is InChI=1S/C21H31N3O3/c25-19-7-10-23(11-8-19)20(17-4-2-1-3-5-17)21(26)24-9-6-18(16-24)22-12-14-27-15-13-22/h1-5,18-20,25H,6-16H2. The van der Waals surface area contributed by atoms with E-state index in [4.69, 9.17) is 4.74 Å². The van der Waals surface area contributed by atoms with Crippen LogP contribution in [0.2, 0.25) is 0 Å². The van der Waals surface area contributed by atoms with Crippen molar-refractivity contribution < 1.29 is 14.6 Å². The fourth-order valence-corrected chi connectivity index (χ4v) is 4.64. The quantitative estimate of drug-likeness (QED) is 0.857. The summed E-state index contributed by atoms with van der Waals surface area (Å²) in [6.45, 7) is 6.73. The van der Waals surface area contributed by atoms with E-state index in [1.165, 1.54) is 0 Å². The molecule has 0 saturated carbocycles. The van der Waals surface area contributed by atoms with E-state index in [0.717, 1.165) is 77.3 Å². The van der Waals surface area contributed by atoms with Gasteiger partial charge >= 0.3 is 0 Å². The number of benzene rings is 1. The molecule has 2 unspecified atom stereocenters. The van der Waals surface area contributed by atoms with Crippen LogP contribution in [0.25, 0.3) is 0 Å². The average Bonchev–Trinajstić information content (AvgIpc) is 3.21. The Hall–Kier alpha value is -1.47. The van der Waals surface area contributed by atoms with Crippen LogP contribution >= 0.6 is 0 Å². The Morgan fingerprint density at radius 2 is 1.70 bits per heavy atom. The molecule has 27 heavy (non-hydrogen) atoms. The molecule has 6 nitrogen and oxygen atoms in total. The number of aliphatic hydroxyl groups is 1. The fourth-order valence-electron chi connectivity index (χ4n) is 4.64. The molecule has 3 saturated heterocycles. The molecule has 3 fully saturated rings. The summed E-state index contributed by atoms with van der Waals surface area (Å²) in [6, 6.07) is 10.4. The second kappa shape index (κ2) is 8.69. The lowest BCUT2D eigenvalue weighted by atomic mass is 9.99. The number of rotatable bonds is 4. The molecular formula is C21H31N3O3. The Bertz CT molecular complexity index is 612. The third kappa shape index (κ3) is 4.35. The van der Waals surface area contributed by atoms with Crippen LogP contribution < -0.4 is 0 Å². The minimum Gasteiger partial charge on any atom is -0.393 e. The van der Waals surface area contributed by atoms with Gasteiger partial charge in [-0.25, -0.2) is 0 Å². The van der Waals surface area contributed by atoms with Crippen LogP contribution in [0.4, 0.5) is 0 Å². The fraction of sp³-hybridized carbons (Fsp3) is 0.667. The molecule has 4 rings (SSSR count). The highest BCUT2D eigenvalue weighted by atomic mass is 16.5. The number of nitrogens with zero attached hydrogens (tertiary/aromatic N) is 3. The molecule has 3 aliphatic heterocycles. The zero-order chi connectivity index (χ0) is 18.6. The minimum absolute atomic E-state index is 0.216. The number of piperidine rings is 1. The lowest BCUT2D eigenvalue weighted by Gasteiger charge is -2.37. The summed E-state index contributed by atoms with van der Waals surface area (Å²) >= 11 is 0. The van der Waals surface area contributed by atoms with Crippen LogP contribution in [-0.2, 0) is 9.53 Å². The van der Waals surface area contributed by atoms with E-state index >= 15 is 0 Å². The summed E-state index contributed by atoms with van der Waals surface area (Å²) in [4.78, 5) is 20.3. The number of hydrogen-bond acceptors (Lipinski definition) is 5. The van der Waals surface area contributed by atoms with Crippen LogP contribution in [0.15, 0.2) is 30.3 Å². The van der Waals surface area contributed by atoms with Gasteiger partial charge in [0.05, 0.1) is 19.3 Å². The first-order valence-corrected chi connectivity index (χ1v) is 10.3. The van der Waals surface area contributed by atoms with Gasteiger partial charge in [-0.2, -0.15) is 0 Å². The highest BCUT2D eigenvalue weighted by Crippen LogP contribution is 2.29. The summed E-state index contributed by atoms with van der Waals surface area (Å²) in [7, 11) is 0. The van der Waals surface area contributed by atoms with Crippen LogP contribution in [0.3, 0.4) is 0 Å². The molecule has 0 aromatic heterocycles. The second-order valence-electron chi connectivity index (χ2n) is 7.96. The zero-order valence-electron chi connectivity index (χ0n) is 16.0. The van der Waals surface area contributed by atoms with Crippen LogP contribution in [0.5, 0.6) is 0 Å². The van der Waals surface area contributed by atoms with E-state index in [1.54, 1.807) is 0 Å². The van der Waals surface area contributed by atoms with Crippen molar-refractivity contribution in [2.45, 2.75) is 37.5 Å². The van der Waals surface area contributed by atoms with Gasteiger partial charge in [0.15, 0.2) is 0 Å². The first kappa shape index (κ1) is 18.9. The van der Waals surface area contributed by atoms with Gasteiger partial charge in [0.1, 0.15) is 6.04 Å². The van der Waals surface area contributed by atoms with E-state index in [2.05, 4.69) is 26.8 Å². The van der Waals surface area contributed by atoms with Crippen molar-refractivity contribution in [3.8, 4) is 0 Å². The predicted octanol–water partition coefficient (Wildman–Crippen LogP) is 1.12. The number of ether oxygens (including phenoxy) is 1. The van der Waals surface area contributed by atoms with Gasteiger partial charge in [0.2, 0.25) is 5.91 Å². The van der Waals surface area contributed by atoms with E-state index in [-0.39, 0.29) is 18.1 Å². The highest BCUT2D eigenvalue weighted by Gasteiger charge is 2.37. The zero-order valence-corrected chi connectivity index (χ0v) is 16.0. The van der Waals surface area contributed by atoms with Gasteiger partial charge in [0.25, 0.3) is 0 Å². The van der Waals surface area contributed by atoms with Gasteiger partial charge < -0.3 is 14.7 Å². The number of hydrogen-bond donors (Lipinski definition) is 1. The molecule has 3 aliphatic rings. The Labute approximate surface area is 161 Å². The second-order valence-corrected chi connectivity index (χ2v) is 7.96. The molecule has 148 valence electrons. The third-order valence-corrected chi connectivity index (χ3v) is 6.25. The van der Waals surface area contributed by atoms with E-state index < -0.39 is 0 Å². The number of aliphatic hydroxyl groups excluding tert-OH is 1. The molecule has 0 bridgehead atoms. The molecule has 3 heterocycles. The molecule has 1 N–H and O–H groups in total. The van der Waals surface area contributed by atoms with Crippen molar-refractivity contribution in [2.75, 3.05) is 52.5 Å². The maximum atomic E-state index is 13.5. The topological polar surface area (TPSA) is 56.3 Å². The summed E-state index contributed by atoms with van der Waals surface area (Å²) in [5.41, 5.74) is 1.06. The van der Waals surface area contributed by atoms with Gasteiger partial charge in [-0.15, -0.1) is 0 Å².